The van der Waals surface area contributed by atoms with Gasteiger partial charge < -0.3 is 0 Å². The van der Waals surface area contributed by atoms with Gasteiger partial charge in [-0.1, -0.05) is 84.6 Å². The van der Waals surface area contributed by atoms with Crippen molar-refractivity contribution in [3.63, 3.8) is 0 Å². The highest BCUT2D eigenvalue weighted by Gasteiger charge is 2.14. The number of benzene rings is 4. The van der Waals surface area contributed by atoms with Gasteiger partial charge in [-0.15, -0.1) is 12.8 Å². The smallest absolute Gasteiger partial charge is 0.00203 e. The lowest BCUT2D eigenvalue weighted by atomic mass is 9.87. The quantitative estimate of drug-likeness (QED) is 0.349. The molecule has 0 unspecified atom stereocenters. The minimum atomic E-state index is 1.09. The van der Waals surface area contributed by atoms with Crippen LogP contribution in [0.25, 0.3) is 44.8 Å². The van der Waals surface area contributed by atoms with Gasteiger partial charge in [0, 0.05) is 0 Å². The van der Waals surface area contributed by atoms with E-state index < -0.39 is 0 Å². The molecule has 0 aliphatic carbocycles. The highest BCUT2D eigenvalue weighted by molar-refractivity contribution is 6.10. The molecule has 28 heavy (non-hydrogen) atoms. The van der Waals surface area contributed by atoms with E-state index in [-0.39, 0.29) is 0 Å². The first kappa shape index (κ1) is 17.4. The summed E-state index contributed by atoms with van der Waals surface area (Å²) in [5.74, 6) is 5.22. The molecular weight excluding hydrogens is 336 g/mol. The lowest BCUT2D eigenvalue weighted by Gasteiger charge is -2.16. The van der Waals surface area contributed by atoms with Crippen molar-refractivity contribution < 1.29 is 0 Å². The molecule has 0 saturated heterocycles. The van der Waals surface area contributed by atoms with Gasteiger partial charge in [0.05, 0.1) is 0 Å². The van der Waals surface area contributed by atoms with E-state index in [0.29, 0.717) is 0 Å². The van der Waals surface area contributed by atoms with Gasteiger partial charge in [0.1, 0.15) is 0 Å². The summed E-state index contributed by atoms with van der Waals surface area (Å²) in [5, 5.41) is 4.76. The van der Waals surface area contributed by atoms with E-state index in [1.54, 1.807) is 12.2 Å². The molecule has 0 spiro atoms. The molecule has 0 aliphatic heterocycles. The molecule has 0 bridgehead atoms. The first-order valence-electron chi connectivity index (χ1n) is 9.12. The second-order valence-electron chi connectivity index (χ2n) is 6.50. The van der Waals surface area contributed by atoms with Gasteiger partial charge >= 0.3 is 0 Å². The lowest BCUT2D eigenvalue weighted by Crippen LogP contribution is -1.92. The van der Waals surface area contributed by atoms with Crippen LogP contribution >= 0.6 is 0 Å². The standard InChI is InChI=1S/C28H18/c1-3-5-11-23-19-17-21-13-7-9-15-25(21)27(23)28-24(12-6-4-2)20-18-22-14-8-10-16-26(22)28/h1-2,5-20H/b11-5-,12-6-. The summed E-state index contributed by atoms with van der Waals surface area (Å²) < 4.78 is 0. The number of hydrogen-bond donors (Lipinski definition) is 0. The Kier molecular flexibility index (Phi) is 4.79. The van der Waals surface area contributed by atoms with Gasteiger partial charge in [-0.3, -0.25) is 0 Å². The Balaban J connectivity index is 2.20. The second kappa shape index (κ2) is 7.71. The summed E-state index contributed by atoms with van der Waals surface area (Å²) in [6.45, 7) is 0. The molecule has 0 heterocycles. The molecule has 130 valence electrons. The molecule has 0 aromatic heterocycles. The van der Waals surface area contributed by atoms with Crippen molar-refractivity contribution in [3.05, 3.63) is 96.1 Å². The predicted molar refractivity (Wildman–Crippen MR) is 123 cm³/mol. The zero-order valence-electron chi connectivity index (χ0n) is 15.4. The Morgan fingerprint density at radius 2 is 0.964 bits per heavy atom. The summed E-state index contributed by atoms with van der Waals surface area (Å²) in [7, 11) is 0. The molecule has 4 aromatic carbocycles. The fourth-order valence-electron chi connectivity index (χ4n) is 3.69. The van der Waals surface area contributed by atoms with Crippen LogP contribution in [0.15, 0.2) is 84.9 Å². The van der Waals surface area contributed by atoms with Crippen molar-refractivity contribution in [2.45, 2.75) is 0 Å². The molecule has 0 atom stereocenters. The molecule has 4 rings (SSSR count). The molecule has 0 saturated carbocycles. The summed E-state index contributed by atoms with van der Waals surface area (Å²) in [4.78, 5) is 0. The van der Waals surface area contributed by atoms with E-state index in [1.807, 2.05) is 12.2 Å². The SMILES string of the molecule is C#C/C=C\c1ccc2ccccc2c1-c1c(/C=C\C#C)ccc2ccccc12. The normalized spacial score (nSPS) is 11.2. The summed E-state index contributed by atoms with van der Waals surface area (Å²) in [5.41, 5.74) is 4.50. The fraction of sp³-hybridized carbons (Fsp3) is 0. The molecule has 0 amide bonds. The Morgan fingerprint density at radius 1 is 0.536 bits per heavy atom. The summed E-state index contributed by atoms with van der Waals surface area (Å²) in [6, 6.07) is 25.4. The fourth-order valence-corrected chi connectivity index (χ4v) is 3.69. The van der Waals surface area contributed by atoms with Crippen molar-refractivity contribution in [1.82, 2.24) is 0 Å². The first-order chi connectivity index (χ1) is 13.8. The van der Waals surface area contributed by atoms with Crippen LogP contribution in [-0.4, -0.2) is 0 Å². The maximum atomic E-state index is 5.49. The Morgan fingerprint density at radius 3 is 1.39 bits per heavy atom. The van der Waals surface area contributed by atoms with Crippen LogP contribution in [0.2, 0.25) is 0 Å². The van der Waals surface area contributed by atoms with Crippen molar-refractivity contribution >= 4 is 33.7 Å². The molecule has 0 fully saturated rings. The van der Waals surface area contributed by atoms with Crippen LogP contribution in [0, 0.1) is 24.7 Å². The number of hydrogen-bond acceptors (Lipinski definition) is 0. The Hall–Kier alpha value is -4.00. The third-order valence-corrected chi connectivity index (χ3v) is 4.89. The highest BCUT2D eigenvalue weighted by atomic mass is 14.2. The van der Waals surface area contributed by atoms with E-state index in [1.165, 1.54) is 21.5 Å². The van der Waals surface area contributed by atoms with Crippen LogP contribution < -0.4 is 0 Å². The van der Waals surface area contributed by atoms with E-state index in [2.05, 4.69) is 84.6 Å². The van der Waals surface area contributed by atoms with E-state index in [4.69, 9.17) is 12.8 Å². The monoisotopic (exact) mass is 354 g/mol. The lowest BCUT2D eigenvalue weighted by molar-refractivity contribution is 1.63. The van der Waals surface area contributed by atoms with Crippen LogP contribution in [0.5, 0.6) is 0 Å². The Bertz CT molecular complexity index is 1210. The minimum Gasteiger partial charge on any atom is -0.115 e. The van der Waals surface area contributed by atoms with E-state index >= 15 is 0 Å². The topological polar surface area (TPSA) is 0 Å². The van der Waals surface area contributed by atoms with Gasteiger partial charge in [-0.2, -0.15) is 0 Å². The highest BCUT2D eigenvalue weighted by Crippen LogP contribution is 2.40. The first-order valence-corrected chi connectivity index (χ1v) is 9.12. The molecular formula is C28H18. The predicted octanol–water partition coefficient (Wildman–Crippen LogP) is 6.95. The zero-order valence-corrected chi connectivity index (χ0v) is 15.4. The van der Waals surface area contributed by atoms with Crippen LogP contribution in [0.1, 0.15) is 11.1 Å². The van der Waals surface area contributed by atoms with Gasteiger partial charge in [0.15, 0.2) is 0 Å². The zero-order chi connectivity index (χ0) is 19.3. The van der Waals surface area contributed by atoms with Crippen LogP contribution in [0.3, 0.4) is 0 Å². The van der Waals surface area contributed by atoms with Crippen LogP contribution in [-0.2, 0) is 0 Å². The largest absolute Gasteiger partial charge is 0.115 e. The molecule has 0 N–H and O–H groups in total. The van der Waals surface area contributed by atoms with Gasteiger partial charge in [0.25, 0.3) is 0 Å². The maximum Gasteiger partial charge on any atom is -0.00203 e. The Labute approximate surface area is 165 Å². The number of fused-ring (bicyclic) bond motifs is 2. The average Bonchev–Trinajstić information content (AvgIpc) is 2.75. The molecule has 0 nitrogen and oxygen atoms in total. The van der Waals surface area contributed by atoms with E-state index in [0.717, 1.165) is 22.3 Å². The third kappa shape index (κ3) is 3.09. The van der Waals surface area contributed by atoms with Crippen molar-refractivity contribution in [2.75, 3.05) is 0 Å². The molecule has 0 radical (unpaired) electrons. The number of rotatable bonds is 3. The van der Waals surface area contributed by atoms with Gasteiger partial charge in [0.2, 0.25) is 0 Å². The number of terminal acetylenes is 2. The summed E-state index contributed by atoms with van der Waals surface area (Å²) in [6.07, 6.45) is 18.5. The number of allylic oxidation sites excluding steroid dienone is 2. The summed E-state index contributed by atoms with van der Waals surface area (Å²) >= 11 is 0. The van der Waals surface area contributed by atoms with Crippen LogP contribution in [0.4, 0.5) is 0 Å². The average molecular weight is 354 g/mol. The molecule has 0 heteroatoms. The van der Waals surface area contributed by atoms with Gasteiger partial charge in [-0.25, -0.2) is 0 Å². The van der Waals surface area contributed by atoms with E-state index in [9.17, 15) is 0 Å². The van der Waals surface area contributed by atoms with Gasteiger partial charge in [-0.05, 0) is 68.1 Å². The van der Waals surface area contributed by atoms with Crippen molar-refractivity contribution in [1.29, 1.82) is 0 Å². The molecule has 0 aliphatic rings. The molecule has 4 aromatic rings. The maximum absolute atomic E-state index is 5.49. The minimum absolute atomic E-state index is 1.09. The van der Waals surface area contributed by atoms with Crippen molar-refractivity contribution in [3.8, 4) is 35.8 Å². The van der Waals surface area contributed by atoms with Crippen molar-refractivity contribution in [2.24, 2.45) is 0 Å². The second-order valence-corrected chi connectivity index (χ2v) is 6.50. The third-order valence-electron chi connectivity index (χ3n) is 4.89.